The molecule has 1 saturated heterocycles. The zero-order valence-corrected chi connectivity index (χ0v) is 22.9. The molecule has 2 aromatic carbocycles. The maximum atomic E-state index is 13.9. The van der Waals surface area contributed by atoms with Gasteiger partial charge in [0.1, 0.15) is 18.4 Å². The monoisotopic (exact) mass is 583 g/mol. The van der Waals surface area contributed by atoms with E-state index in [1.165, 1.54) is 60.9 Å². The van der Waals surface area contributed by atoms with Gasteiger partial charge in [-0.25, -0.2) is 4.57 Å². The highest BCUT2D eigenvalue weighted by atomic mass is 32.1. The minimum atomic E-state index is -1.17. The number of anilines is 2. The van der Waals surface area contributed by atoms with Gasteiger partial charge in [0.2, 0.25) is 12.3 Å². The lowest BCUT2D eigenvalue weighted by Gasteiger charge is -2.27. The standard InChI is InChI=1S/C27H25N3O10S/c1-14(31)37-13-20(38-15(2)32)22-23(39-16(3)33)21-26(40-22)28(18-9-11-19(12-10-18)30(35)36)27-29(21)25(34)24(41-27)17-7-5-4-6-8-17/h4-12,20-23,26H,13H2,1-3H3/t20-,21-,22-,23-,26+/m1/s1. The number of aromatic nitrogens is 1. The van der Waals surface area contributed by atoms with Crippen LogP contribution in [0.25, 0.3) is 10.4 Å². The van der Waals surface area contributed by atoms with Gasteiger partial charge in [-0.3, -0.25) is 24.5 Å². The lowest BCUT2D eigenvalue weighted by Crippen LogP contribution is -2.51. The zero-order chi connectivity index (χ0) is 29.4. The molecule has 1 aromatic heterocycles. The predicted octanol–water partition coefficient (Wildman–Crippen LogP) is 2.53. The van der Waals surface area contributed by atoms with Crippen LogP contribution in [0.5, 0.6) is 5.88 Å². The number of nitro benzene ring substituents is 1. The first-order chi connectivity index (χ1) is 19.6. The van der Waals surface area contributed by atoms with Crippen molar-refractivity contribution in [2.45, 2.75) is 51.4 Å². The van der Waals surface area contributed by atoms with Crippen LogP contribution in [0.2, 0.25) is 0 Å². The summed E-state index contributed by atoms with van der Waals surface area (Å²) >= 11 is 1.19. The van der Waals surface area contributed by atoms with Crippen molar-refractivity contribution >= 4 is 45.8 Å². The summed E-state index contributed by atoms with van der Waals surface area (Å²) in [6.07, 6.45) is -4.37. The Labute approximate surface area is 237 Å². The van der Waals surface area contributed by atoms with Crippen molar-refractivity contribution in [1.82, 2.24) is 0 Å². The molecule has 5 rings (SSSR count). The molecular formula is C27H25N3O10S. The molecule has 2 aliphatic heterocycles. The van der Waals surface area contributed by atoms with Crippen molar-refractivity contribution in [3.05, 3.63) is 64.7 Å². The number of rotatable bonds is 8. The molecule has 3 heterocycles. The van der Waals surface area contributed by atoms with Crippen LogP contribution >= 0.6 is 11.3 Å². The van der Waals surface area contributed by atoms with E-state index in [9.17, 15) is 29.6 Å². The van der Waals surface area contributed by atoms with Crippen molar-refractivity contribution in [1.29, 1.82) is 0 Å². The Morgan fingerprint density at radius 3 is 2.32 bits per heavy atom. The van der Waals surface area contributed by atoms with Crippen molar-refractivity contribution < 1.29 is 47.9 Å². The third kappa shape index (κ3) is 5.30. The van der Waals surface area contributed by atoms with Gasteiger partial charge in [0.25, 0.3) is 5.69 Å². The number of hydrogen-bond donors (Lipinski definition) is 0. The number of carbonyl (C=O) groups excluding carboxylic acids is 3. The fourth-order valence-electron chi connectivity index (χ4n) is 5.08. The Balaban J connectivity index is 1.65. The van der Waals surface area contributed by atoms with Crippen molar-refractivity contribution in [2.75, 3.05) is 11.5 Å². The van der Waals surface area contributed by atoms with Gasteiger partial charge in [0.05, 0.1) is 15.7 Å². The first-order valence-corrected chi connectivity index (χ1v) is 13.4. The molecule has 5 atom stereocenters. The summed E-state index contributed by atoms with van der Waals surface area (Å²) in [6.45, 7) is 3.19. The van der Waals surface area contributed by atoms with Gasteiger partial charge in [-0.1, -0.05) is 30.3 Å². The summed E-state index contributed by atoms with van der Waals surface area (Å²) in [4.78, 5) is 48.7. The molecule has 41 heavy (non-hydrogen) atoms. The first-order valence-electron chi connectivity index (χ1n) is 12.5. The average Bonchev–Trinajstić information content (AvgIpc) is 3.54. The molecule has 0 unspecified atom stereocenters. The molecule has 0 amide bonds. The SMILES string of the molecule is CC(=O)OC[C@@H](OC(C)=O)[C@H]1O[C@H]2[C@@H]([C@H]1OC(C)=O)[n+]1c(sc(-c3ccccc3)c1[O-])N2c1ccc([N+](=O)[O-])cc1. The zero-order valence-electron chi connectivity index (χ0n) is 22.1. The minimum Gasteiger partial charge on any atom is -0.841 e. The molecule has 0 spiro atoms. The molecular weight excluding hydrogens is 558 g/mol. The third-order valence-electron chi connectivity index (χ3n) is 6.63. The maximum absolute atomic E-state index is 13.9. The van der Waals surface area contributed by atoms with E-state index in [1.54, 1.807) is 29.2 Å². The molecule has 0 aliphatic carbocycles. The summed E-state index contributed by atoms with van der Waals surface area (Å²) in [5, 5.41) is 25.7. The van der Waals surface area contributed by atoms with Crippen molar-refractivity contribution in [3.8, 4) is 16.3 Å². The Hall–Kier alpha value is -4.56. The Morgan fingerprint density at radius 2 is 1.73 bits per heavy atom. The van der Waals surface area contributed by atoms with Gasteiger partial charge in [0.15, 0.2) is 12.2 Å². The van der Waals surface area contributed by atoms with Crippen molar-refractivity contribution in [2.24, 2.45) is 0 Å². The lowest BCUT2D eigenvalue weighted by atomic mass is 10.0. The summed E-state index contributed by atoms with van der Waals surface area (Å²) in [6, 6.07) is 13.8. The second-order valence-electron chi connectivity index (χ2n) is 9.40. The number of hydrogen-bond acceptors (Lipinski definition) is 12. The second kappa shape index (κ2) is 11.1. The molecule has 1 fully saturated rings. The van der Waals surface area contributed by atoms with Crippen LogP contribution in [-0.2, 0) is 33.3 Å². The molecule has 2 aliphatic rings. The number of esters is 3. The number of benzene rings is 2. The number of nitro groups is 1. The Morgan fingerprint density at radius 1 is 1.05 bits per heavy atom. The minimum absolute atomic E-state index is 0.127. The quantitative estimate of drug-likeness (QED) is 0.126. The smallest absolute Gasteiger partial charge is 0.344 e. The summed E-state index contributed by atoms with van der Waals surface area (Å²) in [7, 11) is 0. The average molecular weight is 584 g/mol. The van der Waals surface area contributed by atoms with Crippen molar-refractivity contribution in [3.63, 3.8) is 0 Å². The van der Waals surface area contributed by atoms with Crippen LogP contribution in [0, 0.1) is 10.1 Å². The van der Waals surface area contributed by atoms with Crippen LogP contribution in [0.15, 0.2) is 54.6 Å². The fourth-order valence-corrected chi connectivity index (χ4v) is 6.31. The largest absolute Gasteiger partial charge is 0.841 e. The second-order valence-corrected chi connectivity index (χ2v) is 10.4. The van der Waals surface area contributed by atoms with E-state index in [1.807, 2.05) is 6.07 Å². The number of nitrogens with zero attached hydrogens (tertiary/aromatic N) is 3. The van der Waals surface area contributed by atoms with Gasteiger partial charge >= 0.3 is 23.0 Å². The Kier molecular flexibility index (Phi) is 7.60. The summed E-state index contributed by atoms with van der Waals surface area (Å²) in [5.74, 6) is -2.33. The molecule has 214 valence electrons. The highest BCUT2D eigenvalue weighted by Gasteiger charge is 2.64. The van der Waals surface area contributed by atoms with E-state index < -0.39 is 53.4 Å². The van der Waals surface area contributed by atoms with Gasteiger partial charge in [0, 0.05) is 32.9 Å². The molecule has 0 radical (unpaired) electrons. The predicted molar refractivity (Wildman–Crippen MR) is 140 cm³/mol. The lowest BCUT2D eigenvalue weighted by molar-refractivity contribution is -0.738. The topological polar surface area (TPSA) is 161 Å². The van der Waals surface area contributed by atoms with Crippen LogP contribution in [0.3, 0.4) is 0 Å². The van der Waals surface area contributed by atoms with E-state index in [0.717, 1.165) is 0 Å². The third-order valence-corrected chi connectivity index (χ3v) is 7.82. The highest BCUT2D eigenvalue weighted by Crippen LogP contribution is 2.51. The molecule has 14 heteroatoms. The van der Waals surface area contributed by atoms with E-state index >= 15 is 0 Å². The normalized spacial score (nSPS) is 21.5. The molecule has 3 aromatic rings. The number of non-ortho nitro benzene ring substituents is 1. The van der Waals surface area contributed by atoms with E-state index in [0.29, 0.717) is 21.3 Å². The maximum Gasteiger partial charge on any atom is 0.344 e. The van der Waals surface area contributed by atoms with Crippen LogP contribution in [0.1, 0.15) is 26.8 Å². The number of carbonyl (C=O) groups is 3. The number of thiazole rings is 1. The fraction of sp³-hybridized carbons (Fsp3) is 0.333. The number of ether oxygens (including phenoxy) is 4. The number of fused-ring (bicyclic) bond motifs is 3. The highest BCUT2D eigenvalue weighted by molar-refractivity contribution is 7.18. The van der Waals surface area contributed by atoms with Crippen LogP contribution in [0.4, 0.5) is 16.5 Å². The van der Waals surface area contributed by atoms with Gasteiger partial charge in [-0.2, -0.15) is 4.90 Å². The Bertz CT molecular complexity index is 1490. The summed E-state index contributed by atoms with van der Waals surface area (Å²) in [5.41, 5.74) is 1.03. The summed E-state index contributed by atoms with van der Waals surface area (Å²) < 4.78 is 24.1. The molecule has 0 saturated carbocycles. The molecule has 0 N–H and O–H groups in total. The molecule has 0 bridgehead atoms. The van der Waals surface area contributed by atoms with E-state index in [-0.39, 0.29) is 18.2 Å². The molecule has 13 nitrogen and oxygen atoms in total. The van der Waals surface area contributed by atoms with Gasteiger partial charge < -0.3 is 24.1 Å². The van der Waals surface area contributed by atoms with Crippen LogP contribution < -0.4 is 14.6 Å². The first kappa shape index (κ1) is 28.0. The van der Waals surface area contributed by atoms with Gasteiger partial charge in [-0.15, -0.1) is 0 Å². The van der Waals surface area contributed by atoms with E-state index in [2.05, 4.69) is 0 Å². The van der Waals surface area contributed by atoms with E-state index in [4.69, 9.17) is 18.9 Å². The van der Waals surface area contributed by atoms with Crippen LogP contribution in [-0.4, -0.2) is 54.0 Å². The van der Waals surface area contributed by atoms with Gasteiger partial charge in [-0.05, 0) is 29.0 Å².